The van der Waals surface area contributed by atoms with Crippen LogP contribution in [0.15, 0.2) is 0 Å². The van der Waals surface area contributed by atoms with Gasteiger partial charge in [0.1, 0.15) is 0 Å². The molecule has 11 heavy (non-hydrogen) atoms. The minimum Gasteiger partial charge on any atom is -0.110 e. The first-order chi connectivity index (χ1) is 5.38. The van der Waals surface area contributed by atoms with Crippen molar-refractivity contribution in [3.8, 4) is 0 Å². The molecule has 0 N–H and O–H groups in total. The van der Waals surface area contributed by atoms with Crippen LogP contribution in [0.5, 0.6) is 0 Å². The highest BCUT2D eigenvalue weighted by molar-refractivity contribution is 6.00. The van der Waals surface area contributed by atoms with Crippen LogP contribution in [0.2, 0.25) is 0 Å². The van der Waals surface area contributed by atoms with Crippen LogP contribution >= 0.6 is 0 Å². The van der Waals surface area contributed by atoms with Crippen LogP contribution < -0.4 is 4.67 Å². The summed E-state index contributed by atoms with van der Waals surface area (Å²) in [5.41, 5.74) is 1.35. The maximum atomic E-state index is 3.95. The zero-order valence-electron chi connectivity index (χ0n) is 7.47. The zero-order chi connectivity index (χ0) is 8.10. The van der Waals surface area contributed by atoms with E-state index >= 15 is 0 Å². The van der Waals surface area contributed by atoms with Crippen molar-refractivity contribution in [3.05, 3.63) is 0 Å². The van der Waals surface area contributed by atoms with Crippen molar-refractivity contribution in [2.24, 2.45) is 5.92 Å². The van der Waals surface area contributed by atoms with Crippen LogP contribution in [0, 0.1) is 5.92 Å². The van der Waals surface area contributed by atoms with Crippen molar-refractivity contribution in [2.75, 3.05) is 0 Å². The summed E-state index contributed by atoms with van der Waals surface area (Å²) in [7, 11) is 0. The van der Waals surface area contributed by atoms with Crippen molar-refractivity contribution >= 4 is 12.4 Å². The Hall–Kier alpha value is -0.550. The molecule has 0 saturated heterocycles. The summed E-state index contributed by atoms with van der Waals surface area (Å²) in [4.78, 5) is 0. The fraction of sp³-hybridized carbons (Fsp3) is 0.800. The second-order valence-electron chi connectivity index (χ2n) is 3.40. The van der Waals surface area contributed by atoms with Crippen LogP contribution in [-0.4, -0.2) is 12.4 Å². The van der Waals surface area contributed by atoms with Crippen molar-refractivity contribution in [2.45, 2.75) is 45.4 Å². The van der Waals surface area contributed by atoms with Crippen molar-refractivity contribution < 1.29 is 0 Å². The second-order valence-corrected chi connectivity index (χ2v) is 3.40. The van der Waals surface area contributed by atoms with Crippen molar-refractivity contribution in [3.63, 3.8) is 0 Å². The van der Waals surface area contributed by atoms with Gasteiger partial charge >= 0.3 is 0 Å². The molecule has 0 spiro atoms. The summed E-state index contributed by atoms with van der Waals surface area (Å²) in [5, 5.41) is 0. The minimum absolute atomic E-state index is 0.823. The topological polar surface area (TPSA) is 14.1 Å². The standard InChI is InChI=1S/C10H18N/c1-3-4-5-6-7-9-8-10(9)11-2/h9H,2-8H2,1H3/q+1. The molecule has 1 saturated carbocycles. The first-order valence-corrected chi connectivity index (χ1v) is 4.71. The molecular weight excluding hydrogens is 134 g/mol. The van der Waals surface area contributed by atoms with Gasteiger partial charge in [0.2, 0.25) is 0 Å². The predicted octanol–water partition coefficient (Wildman–Crippen LogP) is 2.19. The van der Waals surface area contributed by atoms with E-state index in [4.69, 9.17) is 0 Å². The Morgan fingerprint density at radius 3 is 2.82 bits per heavy atom. The number of unbranched alkanes of at least 4 members (excludes halogenated alkanes) is 3. The van der Waals surface area contributed by atoms with Crippen molar-refractivity contribution in [1.82, 2.24) is 4.67 Å². The van der Waals surface area contributed by atoms with E-state index in [2.05, 4.69) is 18.3 Å². The molecule has 0 aromatic carbocycles. The Morgan fingerprint density at radius 2 is 2.27 bits per heavy atom. The first-order valence-electron chi connectivity index (χ1n) is 4.71. The monoisotopic (exact) mass is 152 g/mol. The molecule has 0 bridgehead atoms. The maximum absolute atomic E-state index is 3.95. The fourth-order valence-electron chi connectivity index (χ4n) is 1.47. The van der Waals surface area contributed by atoms with Gasteiger partial charge in [0, 0.05) is 0 Å². The molecule has 1 unspecified atom stereocenters. The molecular formula is C10H18N+. The lowest BCUT2D eigenvalue weighted by Crippen LogP contribution is -1.83. The molecule has 1 aliphatic carbocycles. The highest BCUT2D eigenvalue weighted by Crippen LogP contribution is 2.29. The van der Waals surface area contributed by atoms with Crippen LogP contribution in [0.1, 0.15) is 45.4 Å². The second kappa shape index (κ2) is 4.35. The smallest absolute Gasteiger partial charge is 0.110 e. The highest BCUT2D eigenvalue weighted by atomic mass is 14.6. The van der Waals surface area contributed by atoms with Gasteiger partial charge in [0.15, 0.2) is 0 Å². The van der Waals surface area contributed by atoms with Gasteiger partial charge in [0.25, 0.3) is 12.4 Å². The molecule has 0 aromatic rings. The molecule has 62 valence electrons. The lowest BCUT2D eigenvalue weighted by Gasteiger charge is -1.93. The molecule has 0 aliphatic heterocycles. The molecule has 0 amide bonds. The van der Waals surface area contributed by atoms with Crippen LogP contribution in [0.25, 0.3) is 0 Å². The van der Waals surface area contributed by atoms with E-state index in [0.29, 0.717) is 0 Å². The van der Waals surface area contributed by atoms with E-state index in [0.717, 1.165) is 5.92 Å². The van der Waals surface area contributed by atoms with E-state index in [1.165, 1.54) is 44.2 Å². The van der Waals surface area contributed by atoms with Gasteiger partial charge in [-0.2, -0.15) is 0 Å². The molecule has 0 radical (unpaired) electrons. The largest absolute Gasteiger partial charge is 0.284 e. The Balaban J connectivity index is 1.94. The third-order valence-corrected chi connectivity index (χ3v) is 2.38. The quantitative estimate of drug-likeness (QED) is 0.326. The summed E-state index contributed by atoms with van der Waals surface area (Å²) >= 11 is 0. The summed E-state index contributed by atoms with van der Waals surface area (Å²) < 4.78 is 3.95. The predicted molar refractivity (Wildman–Crippen MR) is 51.1 cm³/mol. The SMILES string of the molecule is C=[N+]=C1CC1CCCCCC. The highest BCUT2D eigenvalue weighted by Gasteiger charge is 2.40. The molecule has 1 atom stereocenters. The minimum atomic E-state index is 0.823. The van der Waals surface area contributed by atoms with Crippen LogP contribution in [0.4, 0.5) is 0 Å². The van der Waals surface area contributed by atoms with Gasteiger partial charge in [-0.15, -0.1) is 4.67 Å². The van der Waals surface area contributed by atoms with E-state index < -0.39 is 0 Å². The van der Waals surface area contributed by atoms with Crippen molar-refractivity contribution in [1.29, 1.82) is 0 Å². The Bertz CT molecular complexity index is 166. The summed E-state index contributed by atoms with van der Waals surface area (Å²) in [6.45, 7) is 5.78. The number of rotatable bonds is 5. The third kappa shape index (κ3) is 2.90. The van der Waals surface area contributed by atoms with Gasteiger partial charge in [0.05, 0.1) is 12.3 Å². The Kier molecular flexibility index (Phi) is 3.38. The van der Waals surface area contributed by atoms with Gasteiger partial charge in [-0.3, -0.25) is 0 Å². The molecule has 1 heteroatoms. The average Bonchev–Trinajstić information content (AvgIpc) is 2.77. The maximum Gasteiger partial charge on any atom is 0.284 e. The third-order valence-electron chi connectivity index (χ3n) is 2.38. The van der Waals surface area contributed by atoms with Crippen LogP contribution in [-0.2, 0) is 0 Å². The molecule has 1 fully saturated rings. The number of hydrogen-bond acceptors (Lipinski definition) is 0. The first kappa shape index (κ1) is 8.55. The van der Waals surface area contributed by atoms with Gasteiger partial charge in [-0.1, -0.05) is 32.6 Å². The average molecular weight is 152 g/mol. The summed E-state index contributed by atoms with van der Waals surface area (Å²) in [6.07, 6.45) is 8.10. The fourth-order valence-corrected chi connectivity index (χ4v) is 1.47. The molecule has 1 nitrogen and oxygen atoms in total. The molecule has 0 heterocycles. The normalized spacial score (nSPS) is 21.5. The molecule has 1 aliphatic rings. The summed E-state index contributed by atoms with van der Waals surface area (Å²) in [6, 6.07) is 0. The Morgan fingerprint density at radius 1 is 1.45 bits per heavy atom. The number of nitrogens with zero attached hydrogens (tertiary/aromatic N) is 1. The van der Waals surface area contributed by atoms with Gasteiger partial charge in [-0.25, -0.2) is 0 Å². The number of hydrogen-bond donors (Lipinski definition) is 0. The van der Waals surface area contributed by atoms with E-state index in [-0.39, 0.29) is 0 Å². The summed E-state index contributed by atoms with van der Waals surface area (Å²) in [5.74, 6) is 0.823. The van der Waals surface area contributed by atoms with E-state index in [1.54, 1.807) is 0 Å². The van der Waals surface area contributed by atoms with Gasteiger partial charge < -0.3 is 0 Å². The lowest BCUT2D eigenvalue weighted by molar-refractivity contribution is 0.610. The zero-order valence-corrected chi connectivity index (χ0v) is 7.47. The van der Waals surface area contributed by atoms with Crippen LogP contribution in [0.3, 0.4) is 0 Å². The van der Waals surface area contributed by atoms with E-state index in [9.17, 15) is 0 Å². The van der Waals surface area contributed by atoms with E-state index in [1.807, 2.05) is 0 Å². The lowest BCUT2D eigenvalue weighted by atomic mass is 10.1. The molecule has 0 aromatic heterocycles. The molecule has 1 rings (SSSR count). The Labute approximate surface area is 69.3 Å². The van der Waals surface area contributed by atoms with Gasteiger partial charge in [-0.05, 0) is 6.42 Å².